The van der Waals surface area contributed by atoms with Crippen LogP contribution in [0.15, 0.2) is 12.1 Å². The first-order valence-corrected chi connectivity index (χ1v) is 8.67. The van der Waals surface area contributed by atoms with E-state index in [9.17, 15) is 13.2 Å². The summed E-state index contributed by atoms with van der Waals surface area (Å²) in [6, 6.07) is 3.81. The van der Waals surface area contributed by atoms with Crippen molar-refractivity contribution in [2.24, 2.45) is 0 Å². The largest absolute Gasteiger partial charge is 0.298 e. The van der Waals surface area contributed by atoms with Gasteiger partial charge in [-0.15, -0.1) is 11.3 Å². The molecule has 0 fully saturated rings. The molecule has 1 heterocycles. The number of Topliss-reactive ketones (excluding diaryl/α,β-unsaturated/α-hetero) is 1. The molecule has 1 rings (SSSR count). The maximum atomic E-state index is 11.9. The highest BCUT2D eigenvalue weighted by molar-refractivity contribution is 7.90. The van der Waals surface area contributed by atoms with Gasteiger partial charge in [0.25, 0.3) is 0 Å². The average Bonchev–Trinajstić information content (AvgIpc) is 2.74. The molecule has 6 heteroatoms. The smallest absolute Gasteiger partial charge is 0.186 e. The summed E-state index contributed by atoms with van der Waals surface area (Å²) in [6.45, 7) is 2.70. The van der Waals surface area contributed by atoms with Gasteiger partial charge in [0.2, 0.25) is 0 Å². The number of carbonyl (C=O) groups excluding carboxylic acids is 1. The number of nitrogens with zero attached hydrogens (tertiary/aromatic N) is 1. The van der Waals surface area contributed by atoms with Crippen LogP contribution in [-0.4, -0.2) is 51.2 Å². The van der Waals surface area contributed by atoms with Crippen LogP contribution < -0.4 is 0 Å². The zero-order chi connectivity index (χ0) is 13.8. The molecule has 102 valence electrons. The Labute approximate surface area is 113 Å². The van der Waals surface area contributed by atoms with Crippen molar-refractivity contribution in [1.82, 2.24) is 4.90 Å². The van der Waals surface area contributed by atoms with Gasteiger partial charge < -0.3 is 0 Å². The standard InChI is InChI=1S/C12H19NO3S2/c1-4-10-5-6-12(17-10)11(14)9-13(2)7-8-18(3,15)16/h5-6H,4,7-9H2,1-3H3. The number of aryl methyl sites for hydroxylation is 1. The highest BCUT2D eigenvalue weighted by Crippen LogP contribution is 2.17. The minimum absolute atomic E-state index is 0.0516. The van der Waals surface area contributed by atoms with Crippen molar-refractivity contribution in [2.75, 3.05) is 32.1 Å². The number of rotatable bonds is 7. The highest BCUT2D eigenvalue weighted by atomic mass is 32.2. The predicted octanol–water partition coefficient (Wildman–Crippen LogP) is 1.47. The van der Waals surface area contributed by atoms with Crippen LogP contribution in [0.1, 0.15) is 21.5 Å². The van der Waals surface area contributed by atoms with Gasteiger partial charge in [0, 0.05) is 17.7 Å². The summed E-state index contributed by atoms with van der Waals surface area (Å²) in [5.41, 5.74) is 0. The molecule has 1 aromatic heterocycles. The van der Waals surface area contributed by atoms with E-state index >= 15 is 0 Å². The van der Waals surface area contributed by atoms with Crippen molar-refractivity contribution in [3.05, 3.63) is 21.9 Å². The van der Waals surface area contributed by atoms with E-state index in [2.05, 4.69) is 6.92 Å². The van der Waals surface area contributed by atoms with E-state index in [4.69, 9.17) is 0 Å². The lowest BCUT2D eigenvalue weighted by Crippen LogP contribution is -2.30. The molecule has 0 aliphatic heterocycles. The molecule has 0 saturated heterocycles. The number of hydrogen-bond acceptors (Lipinski definition) is 5. The van der Waals surface area contributed by atoms with E-state index in [0.717, 1.165) is 11.3 Å². The molecule has 0 atom stereocenters. The van der Waals surface area contributed by atoms with Gasteiger partial charge in [0.15, 0.2) is 5.78 Å². The first-order chi connectivity index (χ1) is 8.31. The molecule has 0 saturated carbocycles. The summed E-state index contributed by atoms with van der Waals surface area (Å²) in [4.78, 5) is 15.6. The number of thiophene rings is 1. The number of sulfone groups is 1. The fraction of sp³-hybridized carbons (Fsp3) is 0.583. The summed E-state index contributed by atoms with van der Waals surface area (Å²) < 4.78 is 22.0. The molecule has 0 aromatic carbocycles. The molecule has 0 aliphatic carbocycles. The lowest BCUT2D eigenvalue weighted by Gasteiger charge is -2.14. The van der Waals surface area contributed by atoms with E-state index in [1.165, 1.54) is 22.5 Å². The fourth-order valence-corrected chi connectivity index (χ4v) is 2.96. The van der Waals surface area contributed by atoms with Crippen LogP contribution in [0.2, 0.25) is 0 Å². The Kier molecular flexibility index (Phi) is 5.49. The van der Waals surface area contributed by atoms with Crippen LogP contribution in [0.25, 0.3) is 0 Å². The number of hydrogen-bond donors (Lipinski definition) is 0. The molecule has 0 spiro atoms. The molecule has 0 aliphatic rings. The summed E-state index contributed by atoms with van der Waals surface area (Å²) >= 11 is 1.51. The minimum atomic E-state index is -2.97. The van der Waals surface area contributed by atoms with Crippen LogP contribution in [0.3, 0.4) is 0 Å². The van der Waals surface area contributed by atoms with E-state index < -0.39 is 9.84 Å². The van der Waals surface area contributed by atoms with Gasteiger partial charge in [-0.3, -0.25) is 9.69 Å². The molecular formula is C12H19NO3S2. The Balaban J connectivity index is 2.49. The maximum Gasteiger partial charge on any atom is 0.186 e. The van der Waals surface area contributed by atoms with Crippen molar-refractivity contribution in [3.63, 3.8) is 0 Å². The van der Waals surface area contributed by atoms with Crippen LogP contribution in [0.5, 0.6) is 0 Å². The van der Waals surface area contributed by atoms with Crippen LogP contribution in [-0.2, 0) is 16.3 Å². The predicted molar refractivity (Wildman–Crippen MR) is 75.2 cm³/mol. The first-order valence-electron chi connectivity index (χ1n) is 5.80. The third kappa shape index (κ3) is 5.29. The summed E-state index contributed by atoms with van der Waals surface area (Å²) in [6.07, 6.45) is 2.14. The molecule has 0 unspecified atom stereocenters. The minimum Gasteiger partial charge on any atom is -0.298 e. The van der Waals surface area contributed by atoms with Gasteiger partial charge in [-0.05, 0) is 25.6 Å². The van der Waals surface area contributed by atoms with Crippen LogP contribution >= 0.6 is 11.3 Å². The van der Waals surface area contributed by atoms with Crippen molar-refractivity contribution in [2.45, 2.75) is 13.3 Å². The van der Waals surface area contributed by atoms with Gasteiger partial charge in [-0.2, -0.15) is 0 Å². The third-order valence-corrected chi connectivity index (χ3v) is 4.74. The van der Waals surface area contributed by atoms with Gasteiger partial charge in [-0.25, -0.2) is 8.42 Å². The second kappa shape index (κ2) is 6.45. The number of ketones is 1. The number of likely N-dealkylation sites (N-methyl/N-ethyl adjacent to an activating group) is 1. The van der Waals surface area contributed by atoms with Gasteiger partial charge in [0.05, 0.1) is 17.2 Å². The summed E-state index contributed by atoms with van der Waals surface area (Å²) in [7, 11) is -1.21. The topological polar surface area (TPSA) is 54.5 Å². The third-order valence-electron chi connectivity index (χ3n) is 2.54. The molecule has 0 radical (unpaired) electrons. The molecule has 4 nitrogen and oxygen atoms in total. The first kappa shape index (κ1) is 15.3. The highest BCUT2D eigenvalue weighted by Gasteiger charge is 2.13. The monoisotopic (exact) mass is 289 g/mol. The van der Waals surface area contributed by atoms with Gasteiger partial charge in [0.1, 0.15) is 9.84 Å². The van der Waals surface area contributed by atoms with Crippen molar-refractivity contribution >= 4 is 27.0 Å². The summed E-state index contributed by atoms with van der Waals surface area (Å²) in [5.74, 6) is 0.136. The van der Waals surface area contributed by atoms with Crippen molar-refractivity contribution in [1.29, 1.82) is 0 Å². The van der Waals surface area contributed by atoms with Crippen LogP contribution in [0, 0.1) is 0 Å². The van der Waals surface area contributed by atoms with Crippen LogP contribution in [0.4, 0.5) is 0 Å². The Morgan fingerprint density at radius 2 is 2.06 bits per heavy atom. The zero-order valence-electron chi connectivity index (χ0n) is 11.0. The normalized spacial score (nSPS) is 12.0. The average molecular weight is 289 g/mol. The second-order valence-corrected chi connectivity index (χ2v) is 7.84. The summed E-state index contributed by atoms with van der Waals surface area (Å²) in [5, 5.41) is 0. The van der Waals surface area contributed by atoms with E-state index in [0.29, 0.717) is 6.54 Å². The molecule has 0 N–H and O–H groups in total. The van der Waals surface area contributed by atoms with E-state index in [1.807, 2.05) is 12.1 Å². The number of carbonyl (C=O) groups is 1. The maximum absolute atomic E-state index is 11.9. The molecule has 0 amide bonds. The Bertz CT molecular complexity index is 505. The van der Waals surface area contributed by atoms with Crippen molar-refractivity contribution < 1.29 is 13.2 Å². The Morgan fingerprint density at radius 3 is 2.56 bits per heavy atom. The lowest BCUT2D eigenvalue weighted by atomic mass is 10.3. The van der Waals surface area contributed by atoms with Gasteiger partial charge in [-0.1, -0.05) is 6.92 Å². The van der Waals surface area contributed by atoms with E-state index in [-0.39, 0.29) is 18.1 Å². The SMILES string of the molecule is CCc1ccc(C(=O)CN(C)CCS(C)(=O)=O)s1. The molecule has 0 bridgehead atoms. The Hall–Kier alpha value is -0.720. The van der Waals surface area contributed by atoms with Gasteiger partial charge >= 0.3 is 0 Å². The fourth-order valence-electron chi connectivity index (χ4n) is 1.44. The Morgan fingerprint density at radius 1 is 1.39 bits per heavy atom. The lowest BCUT2D eigenvalue weighted by molar-refractivity contribution is 0.0953. The second-order valence-electron chi connectivity index (χ2n) is 4.41. The molecule has 18 heavy (non-hydrogen) atoms. The molecule has 1 aromatic rings. The molecular weight excluding hydrogens is 270 g/mol. The zero-order valence-corrected chi connectivity index (χ0v) is 12.6. The van der Waals surface area contributed by atoms with Crippen molar-refractivity contribution in [3.8, 4) is 0 Å². The van der Waals surface area contributed by atoms with E-state index in [1.54, 1.807) is 11.9 Å². The quantitative estimate of drug-likeness (QED) is 0.713.